The van der Waals surface area contributed by atoms with Gasteiger partial charge in [0.1, 0.15) is 12.4 Å². The SMILES string of the molecule is COCCOc1cc(Nc2nc(NC(CN)Cn3cccn3)c(F)cc2C(N)=O)ccn1. The third-order valence-corrected chi connectivity index (χ3v) is 4.37. The molecule has 0 aliphatic heterocycles. The van der Waals surface area contributed by atoms with Crippen molar-refractivity contribution >= 4 is 23.2 Å². The van der Waals surface area contributed by atoms with Gasteiger partial charge in [0.25, 0.3) is 5.91 Å². The molecule has 32 heavy (non-hydrogen) atoms. The number of rotatable bonds is 12. The first kappa shape index (κ1) is 22.9. The Labute approximate surface area is 183 Å². The molecule has 11 nitrogen and oxygen atoms in total. The number of amides is 1. The molecular formula is C20H25FN8O3. The minimum Gasteiger partial charge on any atom is -0.475 e. The monoisotopic (exact) mass is 444 g/mol. The van der Waals surface area contributed by atoms with Gasteiger partial charge in [0.05, 0.1) is 24.8 Å². The Morgan fingerprint density at radius 1 is 1.28 bits per heavy atom. The number of aromatic nitrogens is 4. The second kappa shape index (κ2) is 11.0. The molecule has 0 saturated carbocycles. The molecule has 6 N–H and O–H groups in total. The lowest BCUT2D eigenvalue weighted by Gasteiger charge is -2.19. The third kappa shape index (κ3) is 6.12. The average molecular weight is 444 g/mol. The van der Waals surface area contributed by atoms with Gasteiger partial charge in [-0.05, 0) is 18.2 Å². The zero-order valence-corrected chi connectivity index (χ0v) is 17.5. The maximum atomic E-state index is 14.7. The molecule has 1 atom stereocenters. The molecule has 0 radical (unpaired) electrons. The van der Waals surface area contributed by atoms with Gasteiger partial charge in [-0.2, -0.15) is 5.10 Å². The molecule has 0 fully saturated rings. The molecule has 0 bridgehead atoms. The van der Waals surface area contributed by atoms with Crippen LogP contribution < -0.4 is 26.8 Å². The molecular weight excluding hydrogens is 419 g/mol. The lowest BCUT2D eigenvalue weighted by atomic mass is 10.2. The second-order valence-electron chi connectivity index (χ2n) is 6.73. The number of nitrogens with zero attached hydrogens (tertiary/aromatic N) is 4. The van der Waals surface area contributed by atoms with Crippen molar-refractivity contribution in [3.8, 4) is 5.88 Å². The molecule has 0 aliphatic rings. The number of anilines is 3. The fourth-order valence-corrected chi connectivity index (χ4v) is 2.81. The summed E-state index contributed by atoms with van der Waals surface area (Å²) in [5.74, 6) is -1.23. The van der Waals surface area contributed by atoms with Crippen LogP contribution in [0.3, 0.4) is 0 Å². The number of nitrogens with two attached hydrogens (primary N) is 2. The van der Waals surface area contributed by atoms with Crippen LogP contribution in [-0.4, -0.2) is 58.6 Å². The first-order valence-corrected chi connectivity index (χ1v) is 9.79. The molecule has 0 spiro atoms. The van der Waals surface area contributed by atoms with Crippen LogP contribution in [0.5, 0.6) is 5.88 Å². The number of primary amides is 1. The lowest BCUT2D eigenvalue weighted by Crippen LogP contribution is -2.34. The summed E-state index contributed by atoms with van der Waals surface area (Å²) in [6, 6.07) is 5.70. The maximum Gasteiger partial charge on any atom is 0.252 e. The van der Waals surface area contributed by atoms with Gasteiger partial charge in [-0.25, -0.2) is 14.4 Å². The largest absolute Gasteiger partial charge is 0.475 e. The standard InChI is InChI=1S/C20H25FN8O3/c1-31-7-8-32-17-9-13(3-5-24-17)26-19-15(18(23)30)10-16(21)20(28-19)27-14(11-22)12-29-6-2-4-25-29/h2-6,9-10,14H,7-8,11-12,22H2,1H3,(H2,23,30)(H2,24,26,27,28). The average Bonchev–Trinajstić information content (AvgIpc) is 3.28. The van der Waals surface area contributed by atoms with Crippen LogP contribution in [0.2, 0.25) is 0 Å². The van der Waals surface area contributed by atoms with E-state index in [0.717, 1.165) is 6.07 Å². The summed E-state index contributed by atoms with van der Waals surface area (Å²) in [5.41, 5.74) is 11.7. The zero-order valence-electron chi connectivity index (χ0n) is 17.5. The summed E-state index contributed by atoms with van der Waals surface area (Å²) in [6.07, 6.45) is 4.93. The highest BCUT2D eigenvalue weighted by molar-refractivity contribution is 5.98. The summed E-state index contributed by atoms with van der Waals surface area (Å²) in [6.45, 7) is 1.32. The Kier molecular flexibility index (Phi) is 7.89. The quantitative estimate of drug-likeness (QED) is 0.301. The number of methoxy groups -OCH3 is 1. The van der Waals surface area contributed by atoms with Gasteiger partial charge in [-0.1, -0.05) is 0 Å². The fourth-order valence-electron chi connectivity index (χ4n) is 2.81. The Bertz CT molecular complexity index is 1030. The van der Waals surface area contributed by atoms with E-state index in [0.29, 0.717) is 31.3 Å². The number of carbonyl (C=O) groups is 1. The van der Waals surface area contributed by atoms with Crippen molar-refractivity contribution in [2.24, 2.45) is 11.5 Å². The molecule has 12 heteroatoms. The van der Waals surface area contributed by atoms with E-state index in [-0.39, 0.29) is 29.8 Å². The van der Waals surface area contributed by atoms with E-state index in [1.165, 1.54) is 6.20 Å². The second-order valence-corrected chi connectivity index (χ2v) is 6.73. The number of pyridine rings is 2. The third-order valence-electron chi connectivity index (χ3n) is 4.37. The summed E-state index contributed by atoms with van der Waals surface area (Å²) in [5, 5.41) is 10.1. The molecule has 3 aromatic heterocycles. The van der Waals surface area contributed by atoms with Crippen LogP contribution in [-0.2, 0) is 11.3 Å². The molecule has 3 heterocycles. The number of hydrogen-bond donors (Lipinski definition) is 4. The van der Waals surface area contributed by atoms with Crippen molar-refractivity contribution in [2.75, 3.05) is 37.5 Å². The van der Waals surface area contributed by atoms with Crippen molar-refractivity contribution in [1.29, 1.82) is 0 Å². The summed E-state index contributed by atoms with van der Waals surface area (Å²) in [4.78, 5) is 20.2. The lowest BCUT2D eigenvalue weighted by molar-refractivity contribution is 0.100. The summed E-state index contributed by atoms with van der Waals surface area (Å²) >= 11 is 0. The number of nitrogens with one attached hydrogen (secondary N) is 2. The number of hydrogen-bond acceptors (Lipinski definition) is 9. The normalized spacial score (nSPS) is 11.7. The first-order valence-electron chi connectivity index (χ1n) is 9.79. The summed E-state index contributed by atoms with van der Waals surface area (Å²) in [7, 11) is 1.57. The van der Waals surface area contributed by atoms with Crippen LogP contribution in [0.25, 0.3) is 0 Å². The molecule has 1 amide bonds. The van der Waals surface area contributed by atoms with Gasteiger partial charge in [0.2, 0.25) is 5.88 Å². The molecule has 1 unspecified atom stereocenters. The Morgan fingerprint density at radius 2 is 2.12 bits per heavy atom. The van der Waals surface area contributed by atoms with Crippen molar-refractivity contribution in [3.63, 3.8) is 0 Å². The van der Waals surface area contributed by atoms with Gasteiger partial charge < -0.3 is 31.6 Å². The van der Waals surface area contributed by atoms with Crippen molar-refractivity contribution in [1.82, 2.24) is 19.7 Å². The highest BCUT2D eigenvalue weighted by Crippen LogP contribution is 2.25. The van der Waals surface area contributed by atoms with E-state index in [4.69, 9.17) is 20.9 Å². The molecule has 0 aliphatic carbocycles. The number of halogens is 1. The van der Waals surface area contributed by atoms with Crippen LogP contribution in [0.1, 0.15) is 10.4 Å². The minimum atomic E-state index is -0.831. The Balaban J connectivity index is 1.83. The van der Waals surface area contributed by atoms with Crippen LogP contribution in [0.15, 0.2) is 42.9 Å². The highest BCUT2D eigenvalue weighted by Gasteiger charge is 2.19. The minimum absolute atomic E-state index is 0.0744. The predicted octanol–water partition coefficient (Wildman–Crippen LogP) is 1.12. The van der Waals surface area contributed by atoms with E-state index in [9.17, 15) is 9.18 Å². The predicted molar refractivity (Wildman–Crippen MR) is 116 cm³/mol. The smallest absolute Gasteiger partial charge is 0.252 e. The van der Waals surface area contributed by atoms with Crippen LogP contribution in [0, 0.1) is 5.82 Å². The topological polar surface area (TPSA) is 155 Å². The van der Waals surface area contributed by atoms with E-state index < -0.39 is 11.7 Å². The molecule has 170 valence electrons. The molecule has 0 saturated heterocycles. The van der Waals surface area contributed by atoms with Gasteiger partial charge in [0, 0.05) is 44.0 Å². The summed E-state index contributed by atoms with van der Waals surface area (Å²) < 4.78 is 26.8. The number of ether oxygens (including phenoxy) is 2. The molecule has 0 aromatic carbocycles. The fraction of sp³-hybridized carbons (Fsp3) is 0.300. The Morgan fingerprint density at radius 3 is 2.81 bits per heavy atom. The zero-order chi connectivity index (χ0) is 22.9. The molecule has 3 rings (SSSR count). The van der Waals surface area contributed by atoms with E-state index in [2.05, 4.69) is 25.7 Å². The van der Waals surface area contributed by atoms with E-state index >= 15 is 0 Å². The van der Waals surface area contributed by atoms with Crippen molar-refractivity contribution in [3.05, 3.63) is 54.2 Å². The van der Waals surface area contributed by atoms with Crippen LogP contribution in [0.4, 0.5) is 21.7 Å². The van der Waals surface area contributed by atoms with Gasteiger partial charge in [-0.15, -0.1) is 0 Å². The highest BCUT2D eigenvalue weighted by atomic mass is 19.1. The van der Waals surface area contributed by atoms with Gasteiger partial charge in [0.15, 0.2) is 11.6 Å². The first-order chi connectivity index (χ1) is 15.5. The van der Waals surface area contributed by atoms with E-state index in [1.54, 1.807) is 42.4 Å². The van der Waals surface area contributed by atoms with Gasteiger partial charge >= 0.3 is 0 Å². The van der Waals surface area contributed by atoms with E-state index in [1.807, 2.05) is 0 Å². The van der Waals surface area contributed by atoms with Gasteiger partial charge in [-0.3, -0.25) is 9.48 Å². The number of carbonyl (C=O) groups excluding carboxylic acids is 1. The van der Waals surface area contributed by atoms with Crippen molar-refractivity contribution < 1.29 is 18.7 Å². The van der Waals surface area contributed by atoms with Crippen LogP contribution >= 0.6 is 0 Å². The molecule has 3 aromatic rings. The maximum absolute atomic E-state index is 14.7. The van der Waals surface area contributed by atoms with Crippen molar-refractivity contribution in [2.45, 2.75) is 12.6 Å². The Hall–Kier alpha value is -3.77.